The van der Waals surface area contributed by atoms with Crippen LogP contribution in [-0.2, 0) is 0 Å². The molecule has 5 heteroatoms. The number of likely N-dealkylation sites (N-methyl/N-ethyl adjacent to an activating group) is 1. The first-order valence-electron chi connectivity index (χ1n) is 5.84. The van der Waals surface area contributed by atoms with E-state index in [1.165, 1.54) is 0 Å². The molecule has 0 aliphatic carbocycles. The average molecular weight is 319 g/mol. The third-order valence-electron chi connectivity index (χ3n) is 3.11. The number of hydrogen-bond acceptors (Lipinski definition) is 3. The maximum absolute atomic E-state index is 6.27. The molecular formula is C12H17BrClN3. The van der Waals surface area contributed by atoms with E-state index in [1.54, 1.807) is 0 Å². The van der Waals surface area contributed by atoms with Gasteiger partial charge in [-0.2, -0.15) is 0 Å². The Labute approximate surface area is 116 Å². The molecule has 1 fully saturated rings. The van der Waals surface area contributed by atoms with E-state index < -0.39 is 0 Å². The number of aromatic nitrogens is 1. The molecule has 17 heavy (non-hydrogen) atoms. The van der Waals surface area contributed by atoms with Crippen molar-refractivity contribution in [3.63, 3.8) is 0 Å². The van der Waals surface area contributed by atoms with Gasteiger partial charge >= 0.3 is 0 Å². The number of pyridine rings is 1. The zero-order valence-electron chi connectivity index (χ0n) is 10.2. The second-order valence-corrected chi connectivity index (χ2v) is 5.94. The molecule has 1 aromatic heterocycles. The Balaban J connectivity index is 2.25. The van der Waals surface area contributed by atoms with E-state index in [4.69, 9.17) is 11.6 Å². The van der Waals surface area contributed by atoms with Crippen molar-refractivity contribution in [1.29, 1.82) is 0 Å². The zero-order chi connectivity index (χ0) is 12.4. The van der Waals surface area contributed by atoms with Crippen LogP contribution in [0.4, 0.5) is 5.82 Å². The van der Waals surface area contributed by atoms with Gasteiger partial charge in [-0.15, -0.1) is 0 Å². The fourth-order valence-electron chi connectivity index (χ4n) is 2.31. The fraction of sp³-hybridized carbons (Fsp3) is 0.583. The number of nitrogens with zero attached hydrogens (tertiary/aromatic N) is 3. The lowest BCUT2D eigenvalue weighted by Crippen LogP contribution is -2.38. The number of rotatable bonds is 1. The Morgan fingerprint density at radius 3 is 2.94 bits per heavy atom. The fourth-order valence-corrected chi connectivity index (χ4v) is 3.04. The molecule has 1 unspecified atom stereocenters. The van der Waals surface area contributed by atoms with Crippen molar-refractivity contribution in [1.82, 2.24) is 9.88 Å². The lowest BCUT2D eigenvalue weighted by atomic mass is 10.2. The normalized spacial score (nSPS) is 22.6. The topological polar surface area (TPSA) is 19.4 Å². The summed E-state index contributed by atoms with van der Waals surface area (Å²) in [5.74, 6) is 0.901. The summed E-state index contributed by atoms with van der Waals surface area (Å²) in [6.45, 7) is 5.42. The first-order chi connectivity index (χ1) is 8.08. The van der Waals surface area contributed by atoms with Crippen molar-refractivity contribution >= 4 is 33.3 Å². The van der Waals surface area contributed by atoms with Crippen LogP contribution >= 0.6 is 27.5 Å². The van der Waals surface area contributed by atoms with Gasteiger partial charge in [-0.05, 0) is 48.9 Å². The Bertz CT molecular complexity index is 399. The molecule has 0 N–H and O–H groups in total. The lowest BCUT2D eigenvalue weighted by molar-refractivity contribution is 0.337. The molecule has 2 heterocycles. The second-order valence-electron chi connectivity index (χ2n) is 4.62. The van der Waals surface area contributed by atoms with Gasteiger partial charge in [-0.25, -0.2) is 4.98 Å². The van der Waals surface area contributed by atoms with Crippen molar-refractivity contribution in [2.75, 3.05) is 31.6 Å². The lowest BCUT2D eigenvalue weighted by Gasteiger charge is -2.29. The third kappa shape index (κ3) is 3.12. The van der Waals surface area contributed by atoms with Gasteiger partial charge in [-0.3, -0.25) is 0 Å². The molecule has 1 saturated heterocycles. The van der Waals surface area contributed by atoms with Crippen molar-refractivity contribution in [2.24, 2.45) is 0 Å². The molecule has 0 spiro atoms. The number of hydrogen-bond donors (Lipinski definition) is 0. The van der Waals surface area contributed by atoms with Gasteiger partial charge in [0.15, 0.2) is 0 Å². The molecule has 1 aliphatic rings. The van der Waals surface area contributed by atoms with E-state index in [0.717, 1.165) is 41.4 Å². The molecule has 3 nitrogen and oxygen atoms in total. The Morgan fingerprint density at radius 1 is 1.47 bits per heavy atom. The molecule has 1 aromatic rings. The van der Waals surface area contributed by atoms with Gasteiger partial charge < -0.3 is 9.80 Å². The summed E-state index contributed by atoms with van der Waals surface area (Å²) >= 11 is 9.66. The molecule has 0 aromatic carbocycles. The molecule has 94 valence electrons. The van der Waals surface area contributed by atoms with Crippen molar-refractivity contribution in [3.05, 3.63) is 21.8 Å². The highest BCUT2D eigenvalue weighted by molar-refractivity contribution is 9.10. The van der Waals surface area contributed by atoms with Crippen LogP contribution in [0.5, 0.6) is 0 Å². The van der Waals surface area contributed by atoms with Crippen LogP contribution in [0.3, 0.4) is 0 Å². The smallest absolute Gasteiger partial charge is 0.147 e. The first kappa shape index (κ1) is 13.1. The van der Waals surface area contributed by atoms with Crippen LogP contribution in [-0.4, -0.2) is 42.6 Å². The largest absolute Gasteiger partial charge is 0.351 e. The van der Waals surface area contributed by atoms with Crippen LogP contribution in [0.15, 0.2) is 16.7 Å². The highest BCUT2D eigenvalue weighted by atomic mass is 79.9. The minimum Gasteiger partial charge on any atom is -0.351 e. The van der Waals surface area contributed by atoms with Crippen LogP contribution < -0.4 is 4.90 Å². The molecular weight excluding hydrogens is 302 g/mol. The number of halogens is 2. The molecule has 0 bridgehead atoms. The standard InChI is InChI=1S/C12H17BrClN3/c1-9-8-16(2)4-3-5-17(9)12-11(14)6-10(13)7-15-12/h6-7,9H,3-5,8H2,1-2H3. The molecule has 2 rings (SSSR count). The highest BCUT2D eigenvalue weighted by Gasteiger charge is 2.22. The summed E-state index contributed by atoms with van der Waals surface area (Å²) in [7, 11) is 2.16. The molecule has 0 saturated carbocycles. The predicted molar refractivity (Wildman–Crippen MR) is 75.9 cm³/mol. The van der Waals surface area contributed by atoms with E-state index in [1.807, 2.05) is 12.3 Å². The Kier molecular flexibility index (Phi) is 4.28. The van der Waals surface area contributed by atoms with Crippen molar-refractivity contribution in [2.45, 2.75) is 19.4 Å². The van der Waals surface area contributed by atoms with Gasteiger partial charge in [0.2, 0.25) is 0 Å². The minimum atomic E-state index is 0.439. The van der Waals surface area contributed by atoms with Gasteiger partial charge in [-0.1, -0.05) is 11.6 Å². The van der Waals surface area contributed by atoms with E-state index in [0.29, 0.717) is 6.04 Å². The molecule has 0 amide bonds. The van der Waals surface area contributed by atoms with E-state index >= 15 is 0 Å². The summed E-state index contributed by atoms with van der Waals surface area (Å²) in [6, 6.07) is 2.35. The maximum Gasteiger partial charge on any atom is 0.147 e. The van der Waals surface area contributed by atoms with Crippen LogP contribution in [0.25, 0.3) is 0 Å². The summed E-state index contributed by atoms with van der Waals surface area (Å²) in [6.07, 6.45) is 2.96. The number of anilines is 1. The minimum absolute atomic E-state index is 0.439. The quantitative estimate of drug-likeness (QED) is 0.793. The van der Waals surface area contributed by atoms with Gasteiger partial charge in [0, 0.05) is 29.8 Å². The Morgan fingerprint density at radius 2 is 2.24 bits per heavy atom. The molecule has 1 aliphatic heterocycles. The zero-order valence-corrected chi connectivity index (χ0v) is 12.5. The SMILES string of the molecule is CC1CN(C)CCCN1c1ncc(Br)cc1Cl. The maximum atomic E-state index is 6.27. The van der Waals surface area contributed by atoms with Crippen molar-refractivity contribution < 1.29 is 0 Å². The highest BCUT2D eigenvalue weighted by Crippen LogP contribution is 2.28. The summed E-state index contributed by atoms with van der Waals surface area (Å²) in [5, 5.41) is 0.718. The van der Waals surface area contributed by atoms with E-state index in [9.17, 15) is 0 Å². The third-order valence-corrected chi connectivity index (χ3v) is 3.82. The molecule has 1 atom stereocenters. The van der Waals surface area contributed by atoms with Crippen molar-refractivity contribution in [3.8, 4) is 0 Å². The first-order valence-corrected chi connectivity index (χ1v) is 7.01. The van der Waals surface area contributed by atoms with E-state index in [2.05, 4.69) is 44.7 Å². The van der Waals surface area contributed by atoms with E-state index in [-0.39, 0.29) is 0 Å². The second kappa shape index (κ2) is 5.55. The van der Waals surface area contributed by atoms with Crippen LogP contribution in [0.2, 0.25) is 5.02 Å². The summed E-state index contributed by atoms with van der Waals surface area (Å²) in [5.41, 5.74) is 0. The average Bonchev–Trinajstić information content (AvgIpc) is 2.40. The predicted octanol–water partition coefficient (Wildman–Crippen LogP) is 3.03. The summed E-state index contributed by atoms with van der Waals surface area (Å²) < 4.78 is 0.922. The van der Waals surface area contributed by atoms with Crippen LogP contribution in [0.1, 0.15) is 13.3 Å². The van der Waals surface area contributed by atoms with Gasteiger partial charge in [0.25, 0.3) is 0 Å². The summed E-state index contributed by atoms with van der Waals surface area (Å²) in [4.78, 5) is 9.11. The molecule has 0 radical (unpaired) electrons. The monoisotopic (exact) mass is 317 g/mol. The Hall–Kier alpha value is -0.320. The van der Waals surface area contributed by atoms with Crippen LogP contribution in [0, 0.1) is 0 Å². The van der Waals surface area contributed by atoms with Gasteiger partial charge in [0.1, 0.15) is 5.82 Å². The van der Waals surface area contributed by atoms with Gasteiger partial charge in [0.05, 0.1) is 5.02 Å².